The van der Waals surface area contributed by atoms with Crippen LogP contribution in [0, 0.1) is 23.0 Å². The molecule has 33 heavy (non-hydrogen) atoms. The van der Waals surface area contributed by atoms with Gasteiger partial charge in [-0.3, -0.25) is 4.68 Å². The molecule has 170 valence electrons. The Morgan fingerprint density at radius 1 is 1.27 bits per heavy atom. The zero-order chi connectivity index (χ0) is 23.5. The summed E-state index contributed by atoms with van der Waals surface area (Å²) in [4.78, 5) is 15.9. The zero-order valence-corrected chi connectivity index (χ0v) is 18.1. The molecule has 1 aromatic heterocycles. The Labute approximate surface area is 190 Å². The molecule has 0 aliphatic carbocycles. The van der Waals surface area contributed by atoms with Crippen molar-refractivity contribution in [1.29, 1.82) is 5.26 Å². The van der Waals surface area contributed by atoms with E-state index in [1.165, 1.54) is 17.0 Å². The van der Waals surface area contributed by atoms with Crippen LogP contribution in [0.4, 0.5) is 13.6 Å². The van der Waals surface area contributed by atoms with Crippen molar-refractivity contribution in [3.05, 3.63) is 76.5 Å². The highest BCUT2D eigenvalue weighted by atomic mass is 19.1. The summed E-state index contributed by atoms with van der Waals surface area (Å²) in [5, 5.41) is 23.2. The standard InChI is InChI=1S/C24H23F2N5O2/c1-29(9-10-32)24(33)30-8-7-22-20(15-30)23(17-4-2-3-16(11-17)13-27)28-31(22)14-18-5-6-19(25)12-21(18)26/h2-6,11-12,32H,7-10,14-15H2,1H3. The predicted molar refractivity (Wildman–Crippen MR) is 117 cm³/mol. The number of carbonyl (C=O) groups is 1. The number of hydrogen-bond acceptors (Lipinski definition) is 4. The van der Waals surface area contributed by atoms with Crippen molar-refractivity contribution < 1.29 is 18.7 Å². The van der Waals surface area contributed by atoms with E-state index >= 15 is 0 Å². The molecule has 2 aromatic carbocycles. The summed E-state index contributed by atoms with van der Waals surface area (Å²) in [6.07, 6.45) is 0.502. The Bertz CT molecular complexity index is 1230. The Hall–Kier alpha value is -3.77. The quantitative estimate of drug-likeness (QED) is 0.646. The third-order valence-electron chi connectivity index (χ3n) is 5.77. The van der Waals surface area contributed by atoms with E-state index in [-0.39, 0.29) is 25.7 Å². The molecule has 0 fully saturated rings. The van der Waals surface area contributed by atoms with Crippen molar-refractivity contribution in [2.75, 3.05) is 26.7 Å². The monoisotopic (exact) mass is 451 g/mol. The van der Waals surface area contributed by atoms with Gasteiger partial charge in [-0.1, -0.05) is 18.2 Å². The van der Waals surface area contributed by atoms with Crippen LogP contribution in [-0.2, 0) is 19.5 Å². The maximum Gasteiger partial charge on any atom is 0.320 e. The Kier molecular flexibility index (Phi) is 6.38. The molecule has 2 heterocycles. The van der Waals surface area contributed by atoms with Gasteiger partial charge in [-0.15, -0.1) is 0 Å². The van der Waals surface area contributed by atoms with Gasteiger partial charge in [-0.2, -0.15) is 10.4 Å². The van der Waals surface area contributed by atoms with E-state index in [1.807, 2.05) is 6.07 Å². The molecule has 0 unspecified atom stereocenters. The summed E-state index contributed by atoms with van der Waals surface area (Å²) in [7, 11) is 1.63. The van der Waals surface area contributed by atoms with Gasteiger partial charge >= 0.3 is 6.03 Å². The average Bonchev–Trinajstić information content (AvgIpc) is 3.18. The fourth-order valence-corrected chi connectivity index (χ4v) is 4.05. The second-order valence-electron chi connectivity index (χ2n) is 7.96. The first-order chi connectivity index (χ1) is 15.9. The number of halogens is 2. The van der Waals surface area contributed by atoms with E-state index in [4.69, 9.17) is 10.2 Å². The molecule has 0 saturated carbocycles. The van der Waals surface area contributed by atoms with Crippen LogP contribution < -0.4 is 0 Å². The molecular formula is C24H23F2N5O2. The first kappa shape index (κ1) is 22.4. The highest BCUT2D eigenvalue weighted by Crippen LogP contribution is 2.31. The molecular weight excluding hydrogens is 428 g/mol. The number of urea groups is 1. The number of benzene rings is 2. The van der Waals surface area contributed by atoms with Crippen molar-refractivity contribution >= 4 is 6.03 Å². The lowest BCUT2D eigenvalue weighted by molar-refractivity contribution is 0.146. The van der Waals surface area contributed by atoms with E-state index in [0.29, 0.717) is 36.3 Å². The number of aliphatic hydroxyl groups excluding tert-OH is 1. The van der Waals surface area contributed by atoms with Gasteiger partial charge in [0.15, 0.2) is 0 Å². The largest absolute Gasteiger partial charge is 0.395 e. The summed E-state index contributed by atoms with van der Waals surface area (Å²) < 4.78 is 29.4. The smallest absolute Gasteiger partial charge is 0.320 e. The maximum absolute atomic E-state index is 14.3. The highest BCUT2D eigenvalue weighted by Gasteiger charge is 2.29. The first-order valence-corrected chi connectivity index (χ1v) is 10.5. The molecule has 0 radical (unpaired) electrons. The normalized spacial score (nSPS) is 12.9. The molecule has 1 aliphatic rings. The minimum absolute atomic E-state index is 0.116. The van der Waals surface area contributed by atoms with Gasteiger partial charge in [0, 0.05) is 55.0 Å². The van der Waals surface area contributed by atoms with Crippen molar-refractivity contribution in [1.82, 2.24) is 19.6 Å². The van der Waals surface area contributed by atoms with Crippen molar-refractivity contribution in [3.8, 4) is 17.3 Å². The van der Waals surface area contributed by atoms with Gasteiger partial charge in [0.1, 0.15) is 11.6 Å². The number of nitriles is 1. The van der Waals surface area contributed by atoms with Gasteiger partial charge in [0.2, 0.25) is 0 Å². The molecule has 1 aliphatic heterocycles. The zero-order valence-electron chi connectivity index (χ0n) is 18.1. The van der Waals surface area contributed by atoms with Crippen molar-refractivity contribution in [2.45, 2.75) is 19.5 Å². The van der Waals surface area contributed by atoms with Crippen LogP contribution in [0.1, 0.15) is 22.4 Å². The highest BCUT2D eigenvalue weighted by molar-refractivity contribution is 5.75. The van der Waals surface area contributed by atoms with E-state index in [9.17, 15) is 18.8 Å². The van der Waals surface area contributed by atoms with Crippen molar-refractivity contribution in [3.63, 3.8) is 0 Å². The number of nitrogens with zero attached hydrogens (tertiary/aromatic N) is 5. The van der Waals surface area contributed by atoms with Crippen LogP contribution >= 0.6 is 0 Å². The molecule has 4 rings (SSSR count). The maximum atomic E-state index is 14.3. The fourth-order valence-electron chi connectivity index (χ4n) is 4.05. The van der Waals surface area contributed by atoms with Crippen LogP contribution in [0.2, 0.25) is 0 Å². The first-order valence-electron chi connectivity index (χ1n) is 10.5. The van der Waals surface area contributed by atoms with Crippen LogP contribution in [0.3, 0.4) is 0 Å². The summed E-state index contributed by atoms with van der Waals surface area (Å²) in [5.74, 6) is -1.29. The Balaban J connectivity index is 1.75. The summed E-state index contributed by atoms with van der Waals surface area (Å²) in [5.41, 5.74) is 3.81. The van der Waals surface area contributed by atoms with Crippen molar-refractivity contribution in [2.24, 2.45) is 0 Å². The number of rotatable bonds is 5. The number of amides is 2. The molecule has 0 atom stereocenters. The number of aliphatic hydroxyl groups is 1. The number of aromatic nitrogens is 2. The van der Waals surface area contributed by atoms with Crippen LogP contribution in [-0.4, -0.2) is 57.5 Å². The Morgan fingerprint density at radius 3 is 2.82 bits per heavy atom. The number of carbonyl (C=O) groups excluding carboxylic acids is 1. The van der Waals surface area contributed by atoms with E-state index in [2.05, 4.69) is 6.07 Å². The predicted octanol–water partition coefficient (Wildman–Crippen LogP) is 3.15. The van der Waals surface area contributed by atoms with Gasteiger partial charge < -0.3 is 14.9 Å². The molecule has 0 bridgehead atoms. The van der Waals surface area contributed by atoms with Crippen LogP contribution in [0.15, 0.2) is 42.5 Å². The van der Waals surface area contributed by atoms with E-state index in [0.717, 1.165) is 22.9 Å². The van der Waals surface area contributed by atoms with Gasteiger partial charge in [0.05, 0.1) is 37.0 Å². The fraction of sp³-hybridized carbons (Fsp3) is 0.292. The second kappa shape index (κ2) is 9.38. The van der Waals surface area contributed by atoms with Gasteiger partial charge in [-0.05, 0) is 18.2 Å². The molecule has 7 nitrogen and oxygen atoms in total. The topological polar surface area (TPSA) is 85.4 Å². The minimum atomic E-state index is -0.648. The number of likely N-dealkylation sites (N-methyl/N-ethyl adjacent to an activating group) is 1. The molecule has 0 saturated heterocycles. The van der Waals surface area contributed by atoms with E-state index in [1.54, 1.807) is 34.8 Å². The third kappa shape index (κ3) is 4.56. The molecule has 0 spiro atoms. The Morgan fingerprint density at radius 2 is 2.09 bits per heavy atom. The average molecular weight is 451 g/mol. The molecule has 9 heteroatoms. The molecule has 1 N–H and O–H groups in total. The lowest BCUT2D eigenvalue weighted by Gasteiger charge is -2.31. The van der Waals surface area contributed by atoms with Crippen LogP contribution in [0.25, 0.3) is 11.3 Å². The minimum Gasteiger partial charge on any atom is -0.395 e. The van der Waals surface area contributed by atoms with Gasteiger partial charge in [-0.25, -0.2) is 13.6 Å². The van der Waals surface area contributed by atoms with Crippen LogP contribution in [0.5, 0.6) is 0 Å². The molecule has 2 amide bonds. The lowest BCUT2D eigenvalue weighted by Crippen LogP contribution is -2.44. The second-order valence-corrected chi connectivity index (χ2v) is 7.96. The number of fused-ring (bicyclic) bond motifs is 1. The SMILES string of the molecule is CN(CCO)C(=O)N1CCc2c(c(-c3cccc(C#N)c3)nn2Cc2ccc(F)cc2F)C1. The summed E-state index contributed by atoms with van der Waals surface area (Å²) in [6.45, 7) is 0.945. The lowest BCUT2D eigenvalue weighted by atomic mass is 10.00. The summed E-state index contributed by atoms with van der Waals surface area (Å²) >= 11 is 0. The van der Waals surface area contributed by atoms with Gasteiger partial charge in [0.25, 0.3) is 0 Å². The van der Waals surface area contributed by atoms with E-state index < -0.39 is 11.6 Å². The third-order valence-corrected chi connectivity index (χ3v) is 5.77. The number of hydrogen-bond donors (Lipinski definition) is 1. The summed E-state index contributed by atoms with van der Waals surface area (Å²) in [6, 6.07) is 12.4. The molecule has 3 aromatic rings.